The first-order chi connectivity index (χ1) is 7.60. The molecule has 2 rings (SSSR count). The van der Waals surface area contributed by atoms with Gasteiger partial charge >= 0.3 is 0 Å². The molecular weight excluding hydrogens is 220 g/mol. The molecule has 2 fully saturated rings. The zero-order chi connectivity index (χ0) is 11.6. The Morgan fingerprint density at radius 3 is 1.81 bits per heavy atom. The highest BCUT2D eigenvalue weighted by Crippen LogP contribution is 2.34. The quantitative estimate of drug-likeness (QED) is 0.747. The maximum Gasteiger partial charge on any atom is 0.156 e. The van der Waals surface area contributed by atoms with Crippen LogP contribution < -0.4 is 0 Å². The molecule has 0 N–H and O–H groups in total. The van der Waals surface area contributed by atoms with Gasteiger partial charge in [-0.15, -0.1) is 0 Å². The Hall–Kier alpha value is -0.0500. The van der Waals surface area contributed by atoms with Crippen LogP contribution in [0.5, 0.6) is 0 Å². The van der Waals surface area contributed by atoms with Crippen LogP contribution in [0.4, 0.5) is 0 Å². The summed E-state index contributed by atoms with van der Waals surface area (Å²) in [7, 11) is -2.81. The second kappa shape index (κ2) is 5.07. The zero-order valence-electron chi connectivity index (χ0n) is 10.3. The first kappa shape index (κ1) is 12.4. The molecule has 0 aliphatic heterocycles. The SMILES string of the molecule is CC1CCC(S(=O)(=O)C2CCCCC2)CC1. The average Bonchev–Trinajstić information content (AvgIpc) is 2.31. The van der Waals surface area contributed by atoms with E-state index in [0.717, 1.165) is 57.3 Å². The van der Waals surface area contributed by atoms with Crippen molar-refractivity contribution in [3.8, 4) is 0 Å². The molecule has 0 atom stereocenters. The van der Waals surface area contributed by atoms with Crippen LogP contribution >= 0.6 is 0 Å². The van der Waals surface area contributed by atoms with Gasteiger partial charge in [-0.25, -0.2) is 8.42 Å². The van der Waals surface area contributed by atoms with Gasteiger partial charge in [-0.05, 0) is 44.4 Å². The van der Waals surface area contributed by atoms with E-state index >= 15 is 0 Å². The minimum atomic E-state index is -2.81. The molecule has 0 amide bonds. The first-order valence-corrected chi connectivity index (χ1v) is 8.44. The predicted octanol–water partition coefficient (Wildman–Crippen LogP) is 3.31. The Morgan fingerprint density at radius 2 is 1.25 bits per heavy atom. The van der Waals surface area contributed by atoms with E-state index in [0.29, 0.717) is 0 Å². The van der Waals surface area contributed by atoms with Crippen molar-refractivity contribution >= 4 is 9.84 Å². The second-order valence-electron chi connectivity index (χ2n) is 5.73. The third-order valence-corrected chi connectivity index (χ3v) is 7.25. The smallest absolute Gasteiger partial charge is 0.156 e. The van der Waals surface area contributed by atoms with E-state index in [1.54, 1.807) is 0 Å². The summed E-state index contributed by atoms with van der Waals surface area (Å²) in [5.41, 5.74) is 0. The third kappa shape index (κ3) is 2.61. The lowest BCUT2D eigenvalue weighted by Gasteiger charge is -2.31. The van der Waals surface area contributed by atoms with Gasteiger partial charge in [0.1, 0.15) is 0 Å². The Bertz CT molecular complexity index is 307. The lowest BCUT2D eigenvalue weighted by Crippen LogP contribution is -2.35. The summed E-state index contributed by atoms with van der Waals surface area (Å²) in [5, 5.41) is -0.00791. The first-order valence-electron chi connectivity index (χ1n) is 6.83. The van der Waals surface area contributed by atoms with E-state index in [2.05, 4.69) is 6.92 Å². The zero-order valence-corrected chi connectivity index (χ0v) is 11.1. The summed E-state index contributed by atoms with van der Waals surface area (Å²) in [6, 6.07) is 0. The average molecular weight is 244 g/mol. The lowest BCUT2D eigenvalue weighted by atomic mass is 9.91. The van der Waals surface area contributed by atoms with Gasteiger partial charge in [0.2, 0.25) is 0 Å². The highest BCUT2D eigenvalue weighted by Gasteiger charge is 2.36. The molecule has 0 bridgehead atoms. The molecule has 0 aromatic carbocycles. The predicted molar refractivity (Wildman–Crippen MR) is 67.2 cm³/mol. The Labute approximate surface area is 99.7 Å². The number of sulfone groups is 1. The molecule has 0 aromatic rings. The summed E-state index contributed by atoms with van der Waals surface area (Å²) >= 11 is 0. The molecule has 2 saturated carbocycles. The number of hydrogen-bond acceptors (Lipinski definition) is 2. The largest absolute Gasteiger partial charge is 0.228 e. The van der Waals surface area contributed by atoms with E-state index in [1.165, 1.54) is 6.42 Å². The van der Waals surface area contributed by atoms with Crippen LogP contribution in [0.25, 0.3) is 0 Å². The molecule has 0 heterocycles. The van der Waals surface area contributed by atoms with Gasteiger partial charge in [0, 0.05) is 0 Å². The topological polar surface area (TPSA) is 34.1 Å². The molecule has 94 valence electrons. The van der Waals surface area contributed by atoms with E-state index in [-0.39, 0.29) is 10.5 Å². The fourth-order valence-electron chi connectivity index (χ4n) is 3.22. The highest BCUT2D eigenvalue weighted by molar-refractivity contribution is 7.92. The summed E-state index contributed by atoms with van der Waals surface area (Å²) in [5.74, 6) is 0.734. The van der Waals surface area contributed by atoms with Crippen LogP contribution in [0.3, 0.4) is 0 Å². The van der Waals surface area contributed by atoms with Crippen LogP contribution in [-0.2, 0) is 9.84 Å². The fourth-order valence-corrected chi connectivity index (χ4v) is 5.69. The molecule has 16 heavy (non-hydrogen) atoms. The fraction of sp³-hybridized carbons (Fsp3) is 1.00. The van der Waals surface area contributed by atoms with E-state index in [4.69, 9.17) is 0 Å². The summed E-state index contributed by atoms with van der Waals surface area (Å²) in [6.45, 7) is 2.24. The van der Waals surface area contributed by atoms with Gasteiger partial charge in [0.15, 0.2) is 9.84 Å². The summed E-state index contributed by atoms with van der Waals surface area (Å²) < 4.78 is 24.9. The summed E-state index contributed by atoms with van der Waals surface area (Å²) in [4.78, 5) is 0. The molecule has 0 saturated heterocycles. The standard InChI is InChI=1S/C13H24O2S/c1-11-7-9-13(10-8-11)16(14,15)12-5-3-2-4-6-12/h11-13H,2-10H2,1H3. The van der Waals surface area contributed by atoms with Crippen molar-refractivity contribution in [2.45, 2.75) is 75.2 Å². The minimum absolute atomic E-state index is 0.000318. The van der Waals surface area contributed by atoms with Gasteiger partial charge in [0.25, 0.3) is 0 Å². The Balaban J connectivity index is 2.00. The van der Waals surface area contributed by atoms with Crippen molar-refractivity contribution < 1.29 is 8.42 Å². The third-order valence-electron chi connectivity index (χ3n) is 4.44. The molecule has 2 aliphatic carbocycles. The monoisotopic (exact) mass is 244 g/mol. The van der Waals surface area contributed by atoms with Crippen LogP contribution in [0.2, 0.25) is 0 Å². The van der Waals surface area contributed by atoms with Crippen LogP contribution in [0, 0.1) is 5.92 Å². The second-order valence-corrected chi connectivity index (χ2v) is 8.24. The van der Waals surface area contributed by atoms with Crippen LogP contribution in [0.15, 0.2) is 0 Å². The molecule has 0 unspecified atom stereocenters. The van der Waals surface area contributed by atoms with Crippen molar-refractivity contribution in [1.29, 1.82) is 0 Å². The van der Waals surface area contributed by atoms with Crippen molar-refractivity contribution in [2.75, 3.05) is 0 Å². The van der Waals surface area contributed by atoms with Crippen molar-refractivity contribution in [3.05, 3.63) is 0 Å². The number of hydrogen-bond donors (Lipinski definition) is 0. The number of rotatable bonds is 2. The molecule has 0 aromatic heterocycles. The van der Waals surface area contributed by atoms with Crippen molar-refractivity contribution in [3.63, 3.8) is 0 Å². The maximum atomic E-state index is 12.4. The molecule has 2 nitrogen and oxygen atoms in total. The Morgan fingerprint density at radius 1 is 0.750 bits per heavy atom. The van der Waals surface area contributed by atoms with E-state index in [1.807, 2.05) is 0 Å². The van der Waals surface area contributed by atoms with Crippen LogP contribution in [0.1, 0.15) is 64.7 Å². The van der Waals surface area contributed by atoms with Gasteiger partial charge in [-0.3, -0.25) is 0 Å². The molecule has 2 aliphatic rings. The van der Waals surface area contributed by atoms with Gasteiger partial charge in [0.05, 0.1) is 10.5 Å². The van der Waals surface area contributed by atoms with Gasteiger partial charge in [-0.1, -0.05) is 26.2 Å². The normalized spacial score (nSPS) is 33.8. The van der Waals surface area contributed by atoms with Gasteiger partial charge in [-0.2, -0.15) is 0 Å². The highest BCUT2D eigenvalue weighted by atomic mass is 32.2. The molecule has 0 radical (unpaired) electrons. The maximum absolute atomic E-state index is 12.4. The van der Waals surface area contributed by atoms with E-state index in [9.17, 15) is 8.42 Å². The lowest BCUT2D eigenvalue weighted by molar-refractivity contribution is 0.376. The molecule has 0 spiro atoms. The van der Waals surface area contributed by atoms with Crippen molar-refractivity contribution in [2.24, 2.45) is 5.92 Å². The van der Waals surface area contributed by atoms with E-state index < -0.39 is 9.84 Å². The Kier molecular flexibility index (Phi) is 3.93. The molecular formula is C13H24O2S. The minimum Gasteiger partial charge on any atom is -0.228 e. The summed E-state index contributed by atoms with van der Waals surface area (Å²) in [6.07, 6.45) is 9.36. The van der Waals surface area contributed by atoms with Gasteiger partial charge < -0.3 is 0 Å². The van der Waals surface area contributed by atoms with Crippen molar-refractivity contribution in [1.82, 2.24) is 0 Å². The van der Waals surface area contributed by atoms with Crippen LogP contribution in [-0.4, -0.2) is 18.9 Å². The molecule has 3 heteroatoms.